The summed E-state index contributed by atoms with van der Waals surface area (Å²) in [7, 11) is 0. The molecule has 0 aliphatic heterocycles. The van der Waals surface area contributed by atoms with E-state index < -0.39 is 0 Å². The van der Waals surface area contributed by atoms with E-state index in [-0.39, 0.29) is 0 Å². The van der Waals surface area contributed by atoms with Crippen molar-refractivity contribution in [2.24, 2.45) is 5.41 Å². The molecule has 0 atom stereocenters. The fourth-order valence-corrected chi connectivity index (χ4v) is 3.20. The molecular formula is C13H27NS. The van der Waals surface area contributed by atoms with Gasteiger partial charge in [0.15, 0.2) is 0 Å². The lowest BCUT2D eigenvalue weighted by Crippen LogP contribution is -2.32. The largest absolute Gasteiger partial charge is 0.316 e. The van der Waals surface area contributed by atoms with Gasteiger partial charge < -0.3 is 5.32 Å². The fraction of sp³-hybridized carbons (Fsp3) is 1.00. The van der Waals surface area contributed by atoms with Crippen molar-refractivity contribution >= 4 is 11.8 Å². The van der Waals surface area contributed by atoms with Gasteiger partial charge in [0.05, 0.1) is 0 Å². The van der Waals surface area contributed by atoms with E-state index in [0.717, 1.165) is 0 Å². The third-order valence-electron chi connectivity index (χ3n) is 3.65. The van der Waals surface area contributed by atoms with Crippen LogP contribution in [0.3, 0.4) is 0 Å². The summed E-state index contributed by atoms with van der Waals surface area (Å²) >= 11 is 1.99. The second kappa shape index (κ2) is 7.56. The fourth-order valence-electron chi connectivity index (χ4n) is 2.76. The molecule has 2 heteroatoms. The SMILES string of the molecule is CCCNCC1(CCCSC)CCCC1. The zero-order valence-corrected chi connectivity index (χ0v) is 11.3. The maximum Gasteiger partial charge on any atom is 0.000781 e. The van der Waals surface area contributed by atoms with Crippen LogP contribution in [-0.2, 0) is 0 Å². The highest BCUT2D eigenvalue weighted by atomic mass is 32.2. The molecule has 90 valence electrons. The highest BCUT2D eigenvalue weighted by molar-refractivity contribution is 7.98. The molecule has 0 aromatic carbocycles. The highest BCUT2D eigenvalue weighted by Crippen LogP contribution is 2.41. The van der Waals surface area contributed by atoms with Crippen LogP contribution in [0.4, 0.5) is 0 Å². The number of thioether (sulfide) groups is 1. The quantitative estimate of drug-likeness (QED) is 0.637. The van der Waals surface area contributed by atoms with Crippen molar-refractivity contribution in [1.82, 2.24) is 5.32 Å². The Morgan fingerprint density at radius 2 is 2.00 bits per heavy atom. The van der Waals surface area contributed by atoms with Gasteiger partial charge in [-0.15, -0.1) is 0 Å². The lowest BCUT2D eigenvalue weighted by Gasteiger charge is -2.29. The Morgan fingerprint density at radius 3 is 2.60 bits per heavy atom. The van der Waals surface area contributed by atoms with Crippen LogP contribution < -0.4 is 5.32 Å². The number of nitrogens with one attached hydrogen (secondary N) is 1. The Morgan fingerprint density at radius 1 is 1.27 bits per heavy atom. The molecular weight excluding hydrogens is 202 g/mol. The van der Waals surface area contributed by atoms with E-state index in [0.29, 0.717) is 5.41 Å². The van der Waals surface area contributed by atoms with Crippen LogP contribution in [0.15, 0.2) is 0 Å². The summed E-state index contributed by atoms with van der Waals surface area (Å²) in [6, 6.07) is 0. The summed E-state index contributed by atoms with van der Waals surface area (Å²) in [5.74, 6) is 1.34. The van der Waals surface area contributed by atoms with Gasteiger partial charge in [0.2, 0.25) is 0 Å². The van der Waals surface area contributed by atoms with Crippen LogP contribution in [0.1, 0.15) is 51.9 Å². The Balaban J connectivity index is 2.26. The van der Waals surface area contributed by atoms with Crippen LogP contribution in [-0.4, -0.2) is 25.1 Å². The van der Waals surface area contributed by atoms with Crippen molar-refractivity contribution in [3.8, 4) is 0 Å². The van der Waals surface area contributed by atoms with Crippen molar-refractivity contribution < 1.29 is 0 Å². The summed E-state index contributed by atoms with van der Waals surface area (Å²) in [5.41, 5.74) is 0.672. The van der Waals surface area contributed by atoms with Crippen molar-refractivity contribution in [2.75, 3.05) is 25.1 Å². The maximum absolute atomic E-state index is 3.64. The second-order valence-corrected chi connectivity index (χ2v) is 5.97. The first kappa shape index (κ1) is 13.4. The molecule has 0 radical (unpaired) electrons. The van der Waals surface area contributed by atoms with E-state index in [2.05, 4.69) is 18.5 Å². The van der Waals surface area contributed by atoms with Gasteiger partial charge in [-0.25, -0.2) is 0 Å². The number of rotatable bonds is 8. The molecule has 0 heterocycles. The van der Waals surface area contributed by atoms with Gasteiger partial charge >= 0.3 is 0 Å². The summed E-state index contributed by atoms with van der Waals surface area (Å²) in [4.78, 5) is 0. The molecule has 1 rings (SSSR count). The molecule has 15 heavy (non-hydrogen) atoms. The molecule has 0 spiro atoms. The molecule has 0 aromatic rings. The van der Waals surface area contributed by atoms with Crippen LogP contribution in [0.2, 0.25) is 0 Å². The van der Waals surface area contributed by atoms with Crippen LogP contribution in [0.25, 0.3) is 0 Å². The summed E-state index contributed by atoms with van der Waals surface area (Å²) in [5, 5.41) is 3.64. The third kappa shape index (κ3) is 4.78. The smallest absolute Gasteiger partial charge is 0.000781 e. The minimum atomic E-state index is 0.672. The summed E-state index contributed by atoms with van der Waals surface area (Å²) in [6.45, 7) is 4.72. The lowest BCUT2D eigenvalue weighted by atomic mass is 9.81. The van der Waals surface area contributed by atoms with Gasteiger partial charge in [-0.2, -0.15) is 11.8 Å². The molecule has 0 saturated heterocycles. The summed E-state index contributed by atoms with van der Waals surface area (Å²) in [6.07, 6.45) is 12.2. The molecule has 1 aliphatic carbocycles. The molecule has 1 nitrogen and oxygen atoms in total. The summed E-state index contributed by atoms with van der Waals surface area (Å²) < 4.78 is 0. The van der Waals surface area contributed by atoms with Gasteiger partial charge in [-0.1, -0.05) is 19.8 Å². The Labute approximate surface area is 99.8 Å². The molecule has 1 saturated carbocycles. The number of hydrogen-bond acceptors (Lipinski definition) is 2. The zero-order valence-electron chi connectivity index (χ0n) is 10.5. The van der Waals surface area contributed by atoms with E-state index in [1.165, 1.54) is 63.8 Å². The van der Waals surface area contributed by atoms with Crippen LogP contribution in [0.5, 0.6) is 0 Å². The van der Waals surface area contributed by atoms with E-state index >= 15 is 0 Å². The molecule has 0 bridgehead atoms. The number of hydrogen-bond donors (Lipinski definition) is 1. The van der Waals surface area contributed by atoms with Crippen molar-refractivity contribution in [1.29, 1.82) is 0 Å². The lowest BCUT2D eigenvalue weighted by molar-refractivity contribution is 0.256. The minimum Gasteiger partial charge on any atom is -0.316 e. The normalized spacial score (nSPS) is 19.6. The van der Waals surface area contributed by atoms with Crippen molar-refractivity contribution in [3.63, 3.8) is 0 Å². The second-order valence-electron chi connectivity index (χ2n) is 4.98. The zero-order chi connectivity index (χ0) is 11.0. The molecule has 1 aliphatic rings. The average molecular weight is 229 g/mol. The minimum absolute atomic E-state index is 0.672. The Hall–Kier alpha value is 0.310. The standard InChI is InChI=1S/C13H27NS/c1-3-10-14-12-13(7-4-5-8-13)9-6-11-15-2/h14H,3-12H2,1-2H3. The van der Waals surface area contributed by atoms with E-state index in [1.807, 2.05) is 11.8 Å². The maximum atomic E-state index is 3.64. The third-order valence-corrected chi connectivity index (χ3v) is 4.34. The Bertz CT molecular complexity index is 141. The first-order valence-electron chi connectivity index (χ1n) is 6.53. The first-order chi connectivity index (χ1) is 7.33. The molecule has 0 unspecified atom stereocenters. The predicted molar refractivity (Wildman–Crippen MR) is 71.7 cm³/mol. The van der Waals surface area contributed by atoms with E-state index in [1.54, 1.807) is 0 Å². The van der Waals surface area contributed by atoms with Crippen LogP contribution in [0, 0.1) is 5.41 Å². The van der Waals surface area contributed by atoms with Gasteiger partial charge in [0, 0.05) is 6.54 Å². The van der Waals surface area contributed by atoms with E-state index in [4.69, 9.17) is 0 Å². The molecule has 1 fully saturated rings. The monoisotopic (exact) mass is 229 g/mol. The topological polar surface area (TPSA) is 12.0 Å². The van der Waals surface area contributed by atoms with E-state index in [9.17, 15) is 0 Å². The van der Waals surface area contributed by atoms with Crippen molar-refractivity contribution in [2.45, 2.75) is 51.9 Å². The Kier molecular flexibility index (Phi) is 6.74. The first-order valence-corrected chi connectivity index (χ1v) is 7.92. The van der Waals surface area contributed by atoms with Crippen LogP contribution >= 0.6 is 11.8 Å². The van der Waals surface area contributed by atoms with Gasteiger partial charge in [-0.05, 0) is 56.1 Å². The van der Waals surface area contributed by atoms with Gasteiger partial charge in [0.25, 0.3) is 0 Å². The van der Waals surface area contributed by atoms with Gasteiger partial charge in [-0.3, -0.25) is 0 Å². The molecule has 0 aromatic heterocycles. The van der Waals surface area contributed by atoms with Crippen molar-refractivity contribution in [3.05, 3.63) is 0 Å². The van der Waals surface area contributed by atoms with Gasteiger partial charge in [0.1, 0.15) is 0 Å². The molecule has 0 amide bonds. The predicted octanol–water partition coefficient (Wildman–Crippen LogP) is 3.69. The molecule has 1 N–H and O–H groups in total. The average Bonchev–Trinajstić information content (AvgIpc) is 2.68. The highest BCUT2D eigenvalue weighted by Gasteiger charge is 2.32.